The standard InChI is InChI=1S/C21H30O4/c1-12(2)20(22)24-17-11-7-10-16-18(17)14-8-5-6-9-15(14)19(16)25-21(23)13(3)4/h14-19H,1,3,5-11H2,2,4H3/t14?,15?,16?,17-,18?,19-/m0/s1. The Morgan fingerprint density at radius 1 is 0.760 bits per heavy atom. The summed E-state index contributed by atoms with van der Waals surface area (Å²) in [7, 11) is 0. The van der Waals surface area contributed by atoms with E-state index < -0.39 is 0 Å². The van der Waals surface area contributed by atoms with E-state index in [0.29, 0.717) is 34.8 Å². The first kappa shape index (κ1) is 18.2. The van der Waals surface area contributed by atoms with Crippen LogP contribution >= 0.6 is 0 Å². The molecular formula is C21H30O4. The Morgan fingerprint density at radius 3 is 1.96 bits per heavy atom. The van der Waals surface area contributed by atoms with Gasteiger partial charge in [0.25, 0.3) is 0 Å². The molecule has 3 fully saturated rings. The third-order valence-corrected chi connectivity index (χ3v) is 6.36. The molecule has 0 spiro atoms. The van der Waals surface area contributed by atoms with Gasteiger partial charge in [0, 0.05) is 23.0 Å². The Balaban J connectivity index is 1.83. The molecule has 0 aliphatic heterocycles. The van der Waals surface area contributed by atoms with Crippen molar-refractivity contribution in [1.29, 1.82) is 0 Å². The molecule has 4 nitrogen and oxygen atoms in total. The molecule has 3 rings (SSSR count). The molecule has 3 aliphatic carbocycles. The van der Waals surface area contributed by atoms with Gasteiger partial charge in [-0.05, 0) is 57.8 Å². The van der Waals surface area contributed by atoms with Crippen LogP contribution in [0.2, 0.25) is 0 Å². The van der Waals surface area contributed by atoms with Gasteiger partial charge < -0.3 is 9.47 Å². The monoisotopic (exact) mass is 346 g/mol. The summed E-state index contributed by atoms with van der Waals surface area (Å²) in [6.45, 7) is 10.8. The molecule has 4 heteroatoms. The summed E-state index contributed by atoms with van der Waals surface area (Å²) < 4.78 is 11.7. The average molecular weight is 346 g/mol. The van der Waals surface area contributed by atoms with Crippen LogP contribution in [0, 0.1) is 23.7 Å². The van der Waals surface area contributed by atoms with Crippen molar-refractivity contribution in [3.8, 4) is 0 Å². The summed E-state index contributed by atoms with van der Waals surface area (Å²) in [5.41, 5.74) is 0.905. The quantitative estimate of drug-likeness (QED) is 0.565. The van der Waals surface area contributed by atoms with Crippen LogP contribution in [-0.2, 0) is 19.1 Å². The molecule has 4 unspecified atom stereocenters. The first-order chi connectivity index (χ1) is 11.9. The first-order valence-corrected chi connectivity index (χ1v) is 9.63. The maximum atomic E-state index is 12.2. The Labute approximate surface area is 150 Å². The lowest BCUT2D eigenvalue weighted by molar-refractivity contribution is -0.155. The number of hydrogen-bond donors (Lipinski definition) is 0. The van der Waals surface area contributed by atoms with Crippen LogP contribution in [0.3, 0.4) is 0 Å². The second kappa shape index (κ2) is 7.35. The summed E-state index contributed by atoms with van der Waals surface area (Å²) >= 11 is 0. The summed E-state index contributed by atoms with van der Waals surface area (Å²) in [4.78, 5) is 24.3. The molecule has 0 aromatic rings. The van der Waals surface area contributed by atoms with E-state index in [1.54, 1.807) is 13.8 Å². The Morgan fingerprint density at radius 2 is 1.32 bits per heavy atom. The predicted molar refractivity (Wildman–Crippen MR) is 95.7 cm³/mol. The van der Waals surface area contributed by atoms with Crippen molar-refractivity contribution >= 4 is 11.9 Å². The number of fused-ring (bicyclic) bond motifs is 3. The molecule has 0 heterocycles. The Kier molecular flexibility index (Phi) is 5.35. The minimum absolute atomic E-state index is 0.0502. The second-order valence-corrected chi connectivity index (χ2v) is 8.16. The number of hydrogen-bond acceptors (Lipinski definition) is 4. The number of rotatable bonds is 4. The number of esters is 2. The van der Waals surface area contributed by atoms with Crippen LogP contribution in [0.1, 0.15) is 58.8 Å². The maximum Gasteiger partial charge on any atom is 0.333 e. The lowest BCUT2D eigenvalue weighted by Crippen LogP contribution is -2.39. The number of carbonyl (C=O) groups excluding carboxylic acids is 2. The third kappa shape index (κ3) is 3.54. The van der Waals surface area contributed by atoms with E-state index in [-0.39, 0.29) is 24.1 Å². The zero-order valence-electron chi connectivity index (χ0n) is 15.5. The Hall–Kier alpha value is -1.58. The first-order valence-electron chi connectivity index (χ1n) is 9.63. The molecule has 0 amide bonds. The summed E-state index contributed by atoms with van der Waals surface area (Å²) in [6, 6.07) is 0. The highest BCUT2D eigenvalue weighted by molar-refractivity contribution is 5.87. The van der Waals surface area contributed by atoms with Crippen molar-refractivity contribution in [2.45, 2.75) is 71.0 Å². The zero-order valence-corrected chi connectivity index (χ0v) is 15.5. The number of carbonyl (C=O) groups is 2. The van der Waals surface area contributed by atoms with Gasteiger partial charge in [-0.1, -0.05) is 26.0 Å². The van der Waals surface area contributed by atoms with E-state index in [4.69, 9.17) is 9.47 Å². The van der Waals surface area contributed by atoms with Crippen molar-refractivity contribution in [1.82, 2.24) is 0 Å². The van der Waals surface area contributed by atoms with E-state index in [0.717, 1.165) is 32.1 Å². The van der Waals surface area contributed by atoms with Crippen LogP contribution in [0.15, 0.2) is 24.3 Å². The van der Waals surface area contributed by atoms with Crippen LogP contribution in [0.25, 0.3) is 0 Å². The highest BCUT2D eigenvalue weighted by Crippen LogP contribution is 2.56. The van der Waals surface area contributed by atoms with Gasteiger partial charge in [0.1, 0.15) is 12.2 Å². The summed E-state index contributed by atoms with van der Waals surface area (Å²) in [5.74, 6) is 0.927. The molecule has 25 heavy (non-hydrogen) atoms. The molecule has 0 N–H and O–H groups in total. The maximum absolute atomic E-state index is 12.2. The van der Waals surface area contributed by atoms with Crippen LogP contribution in [0.5, 0.6) is 0 Å². The van der Waals surface area contributed by atoms with Crippen LogP contribution in [0.4, 0.5) is 0 Å². The molecule has 3 saturated carbocycles. The molecule has 0 aromatic heterocycles. The summed E-state index contributed by atoms with van der Waals surface area (Å²) in [5, 5.41) is 0. The normalized spacial score (nSPS) is 36.7. The smallest absolute Gasteiger partial charge is 0.333 e. The van der Waals surface area contributed by atoms with Gasteiger partial charge in [0.15, 0.2) is 0 Å². The van der Waals surface area contributed by atoms with Crippen LogP contribution < -0.4 is 0 Å². The molecule has 0 aromatic carbocycles. The summed E-state index contributed by atoms with van der Waals surface area (Å²) in [6.07, 6.45) is 7.51. The highest BCUT2D eigenvalue weighted by atomic mass is 16.6. The highest BCUT2D eigenvalue weighted by Gasteiger charge is 2.56. The molecule has 3 aliphatic rings. The van der Waals surface area contributed by atoms with Gasteiger partial charge in [0.2, 0.25) is 0 Å². The van der Waals surface area contributed by atoms with Gasteiger partial charge >= 0.3 is 11.9 Å². The van der Waals surface area contributed by atoms with Crippen molar-refractivity contribution in [2.24, 2.45) is 23.7 Å². The largest absolute Gasteiger partial charge is 0.459 e. The van der Waals surface area contributed by atoms with E-state index >= 15 is 0 Å². The topological polar surface area (TPSA) is 52.6 Å². The van der Waals surface area contributed by atoms with E-state index in [1.807, 2.05) is 0 Å². The van der Waals surface area contributed by atoms with Crippen molar-refractivity contribution in [3.05, 3.63) is 24.3 Å². The lowest BCUT2D eigenvalue weighted by Gasteiger charge is -2.38. The van der Waals surface area contributed by atoms with Gasteiger partial charge in [-0.2, -0.15) is 0 Å². The fourth-order valence-electron chi connectivity index (χ4n) is 5.36. The molecule has 0 bridgehead atoms. The lowest BCUT2D eigenvalue weighted by atomic mass is 9.72. The third-order valence-electron chi connectivity index (χ3n) is 6.36. The SMILES string of the molecule is C=C(C)C(=O)O[C@H]1C2CCCCC2C2C1CCC[C@@H]2OC(=O)C(=C)C. The van der Waals surface area contributed by atoms with Gasteiger partial charge in [-0.15, -0.1) is 0 Å². The predicted octanol–water partition coefficient (Wildman–Crippen LogP) is 4.20. The fourth-order valence-corrected chi connectivity index (χ4v) is 5.36. The van der Waals surface area contributed by atoms with Crippen molar-refractivity contribution < 1.29 is 19.1 Å². The zero-order chi connectivity index (χ0) is 18.1. The van der Waals surface area contributed by atoms with Gasteiger partial charge in [-0.25, -0.2) is 9.59 Å². The molecule has 6 atom stereocenters. The molecule has 138 valence electrons. The van der Waals surface area contributed by atoms with Crippen molar-refractivity contribution in [3.63, 3.8) is 0 Å². The van der Waals surface area contributed by atoms with E-state index in [2.05, 4.69) is 13.2 Å². The van der Waals surface area contributed by atoms with E-state index in [1.165, 1.54) is 12.8 Å². The fraction of sp³-hybridized carbons (Fsp3) is 0.714. The van der Waals surface area contributed by atoms with Gasteiger partial charge in [0.05, 0.1) is 0 Å². The molecule has 0 saturated heterocycles. The number of ether oxygens (including phenoxy) is 2. The minimum atomic E-state index is -0.291. The second-order valence-electron chi connectivity index (χ2n) is 8.16. The van der Waals surface area contributed by atoms with Gasteiger partial charge in [-0.3, -0.25) is 0 Å². The van der Waals surface area contributed by atoms with E-state index in [9.17, 15) is 9.59 Å². The average Bonchev–Trinajstić information content (AvgIpc) is 2.90. The minimum Gasteiger partial charge on any atom is -0.459 e. The Bertz CT molecular complexity index is 578. The van der Waals surface area contributed by atoms with Crippen molar-refractivity contribution in [2.75, 3.05) is 0 Å². The molecular weight excluding hydrogens is 316 g/mol. The van der Waals surface area contributed by atoms with Crippen LogP contribution in [-0.4, -0.2) is 24.1 Å². The molecule has 0 radical (unpaired) electrons.